The molecule has 0 spiro atoms. The molecule has 0 saturated carbocycles. The third-order valence-electron chi connectivity index (χ3n) is 2.33. The van der Waals surface area contributed by atoms with Crippen molar-refractivity contribution in [3.8, 4) is 10.6 Å². The Kier molecular flexibility index (Phi) is 3.57. The fourth-order valence-electron chi connectivity index (χ4n) is 1.46. The minimum absolute atomic E-state index is 0.0170. The van der Waals surface area contributed by atoms with Crippen LogP contribution in [0.15, 0.2) is 24.3 Å². The zero-order valence-electron chi connectivity index (χ0n) is 9.24. The van der Waals surface area contributed by atoms with E-state index in [1.807, 2.05) is 19.1 Å². The number of benzene rings is 1. The quantitative estimate of drug-likeness (QED) is 0.869. The van der Waals surface area contributed by atoms with Crippen LogP contribution in [0, 0.1) is 6.92 Å². The maximum Gasteiger partial charge on any atom is 0.188 e. The van der Waals surface area contributed by atoms with Gasteiger partial charge in [-0.25, -0.2) is 4.98 Å². The number of thiazole rings is 1. The Hall–Kier alpha value is -1.23. The molecule has 3 nitrogen and oxygen atoms in total. The van der Waals surface area contributed by atoms with Gasteiger partial charge in [0.05, 0.1) is 17.1 Å². The highest BCUT2D eigenvalue weighted by atomic mass is 35.5. The molecule has 0 aliphatic heterocycles. The zero-order valence-corrected chi connectivity index (χ0v) is 10.8. The van der Waals surface area contributed by atoms with Gasteiger partial charge in [0.2, 0.25) is 0 Å². The highest BCUT2D eigenvalue weighted by molar-refractivity contribution is 7.17. The molecule has 0 amide bonds. The molecule has 5 heteroatoms. The number of ketones is 1. The summed E-state index contributed by atoms with van der Waals surface area (Å²) in [6, 6.07) is 7.38. The van der Waals surface area contributed by atoms with Gasteiger partial charge in [0, 0.05) is 10.6 Å². The second-order valence-corrected chi connectivity index (χ2v) is 5.00. The predicted octanol–water partition coefficient (Wildman–Crippen LogP) is 2.91. The van der Waals surface area contributed by atoms with Crippen LogP contribution in [0.4, 0.5) is 0 Å². The summed E-state index contributed by atoms with van der Waals surface area (Å²) in [7, 11) is 0. The summed E-state index contributed by atoms with van der Waals surface area (Å²) in [5, 5.41) is 1.50. The normalized spacial score (nSPS) is 10.5. The van der Waals surface area contributed by atoms with Crippen LogP contribution < -0.4 is 5.73 Å². The topological polar surface area (TPSA) is 56.0 Å². The maximum atomic E-state index is 11.6. The van der Waals surface area contributed by atoms with Gasteiger partial charge in [-0.05, 0) is 19.1 Å². The van der Waals surface area contributed by atoms with Crippen molar-refractivity contribution in [1.29, 1.82) is 0 Å². The van der Waals surface area contributed by atoms with E-state index in [0.29, 0.717) is 9.90 Å². The lowest BCUT2D eigenvalue weighted by Gasteiger charge is -1.95. The zero-order chi connectivity index (χ0) is 12.4. The van der Waals surface area contributed by atoms with Gasteiger partial charge in [0.1, 0.15) is 5.01 Å². The second-order valence-electron chi connectivity index (χ2n) is 3.57. The number of rotatable bonds is 3. The van der Waals surface area contributed by atoms with E-state index in [9.17, 15) is 4.79 Å². The fourth-order valence-corrected chi connectivity index (χ4v) is 2.61. The van der Waals surface area contributed by atoms with E-state index in [-0.39, 0.29) is 12.3 Å². The number of carbonyl (C=O) groups is 1. The molecule has 0 fully saturated rings. The monoisotopic (exact) mass is 266 g/mol. The molecule has 88 valence electrons. The molecule has 0 aliphatic carbocycles. The number of halogens is 1. The minimum Gasteiger partial charge on any atom is -0.324 e. The third-order valence-corrected chi connectivity index (χ3v) is 3.83. The number of Topliss-reactive ketones (excluding diaryl/α,β-unsaturated/α-hetero) is 1. The molecule has 0 unspecified atom stereocenters. The van der Waals surface area contributed by atoms with Gasteiger partial charge in [-0.15, -0.1) is 11.3 Å². The van der Waals surface area contributed by atoms with Crippen LogP contribution in [0.3, 0.4) is 0 Å². The predicted molar refractivity (Wildman–Crippen MR) is 70.7 cm³/mol. The first kappa shape index (κ1) is 12.2. The molecular weight excluding hydrogens is 256 g/mol. The first-order chi connectivity index (χ1) is 8.11. The Morgan fingerprint density at radius 2 is 2.06 bits per heavy atom. The van der Waals surface area contributed by atoms with Gasteiger partial charge < -0.3 is 5.73 Å². The number of carbonyl (C=O) groups excluding carboxylic acids is 1. The van der Waals surface area contributed by atoms with E-state index in [4.69, 9.17) is 17.3 Å². The summed E-state index contributed by atoms with van der Waals surface area (Å²) in [6.07, 6.45) is 0. The molecule has 1 aromatic carbocycles. The van der Waals surface area contributed by atoms with Crippen LogP contribution >= 0.6 is 22.9 Å². The highest BCUT2D eigenvalue weighted by Crippen LogP contribution is 2.28. The van der Waals surface area contributed by atoms with E-state index in [1.54, 1.807) is 12.1 Å². The van der Waals surface area contributed by atoms with Crippen LogP contribution in [0.25, 0.3) is 10.6 Å². The summed E-state index contributed by atoms with van der Waals surface area (Å²) < 4.78 is 0. The molecule has 2 aromatic rings. The van der Waals surface area contributed by atoms with Crippen molar-refractivity contribution >= 4 is 28.7 Å². The minimum atomic E-state index is -0.0692. The van der Waals surface area contributed by atoms with E-state index in [1.165, 1.54) is 11.3 Å². The molecule has 0 atom stereocenters. The van der Waals surface area contributed by atoms with Crippen molar-refractivity contribution in [1.82, 2.24) is 4.98 Å². The van der Waals surface area contributed by atoms with Gasteiger partial charge in [-0.1, -0.05) is 23.7 Å². The Morgan fingerprint density at radius 3 is 2.65 bits per heavy atom. The molecule has 1 aromatic heterocycles. The number of aryl methyl sites for hydroxylation is 1. The Balaban J connectivity index is 2.41. The maximum absolute atomic E-state index is 11.6. The lowest BCUT2D eigenvalue weighted by atomic mass is 10.2. The van der Waals surface area contributed by atoms with Crippen molar-refractivity contribution < 1.29 is 4.79 Å². The molecule has 2 rings (SSSR count). The molecule has 17 heavy (non-hydrogen) atoms. The summed E-state index contributed by atoms with van der Waals surface area (Å²) in [6.45, 7) is 1.84. The smallest absolute Gasteiger partial charge is 0.188 e. The molecule has 1 heterocycles. The van der Waals surface area contributed by atoms with Gasteiger partial charge in [-0.2, -0.15) is 0 Å². The van der Waals surface area contributed by atoms with Crippen molar-refractivity contribution in [2.45, 2.75) is 6.92 Å². The molecule has 0 aliphatic rings. The average molecular weight is 267 g/mol. The Morgan fingerprint density at radius 1 is 1.41 bits per heavy atom. The summed E-state index contributed by atoms with van der Waals surface area (Å²) in [5.41, 5.74) is 7.04. The summed E-state index contributed by atoms with van der Waals surface area (Å²) in [4.78, 5) is 16.6. The van der Waals surface area contributed by atoms with Gasteiger partial charge in [-0.3, -0.25) is 4.79 Å². The van der Waals surface area contributed by atoms with E-state index < -0.39 is 0 Å². The summed E-state index contributed by atoms with van der Waals surface area (Å²) >= 11 is 7.19. The van der Waals surface area contributed by atoms with Crippen LogP contribution in [0.1, 0.15) is 15.4 Å². The second kappa shape index (κ2) is 4.96. The van der Waals surface area contributed by atoms with Crippen molar-refractivity contribution in [2.24, 2.45) is 5.73 Å². The van der Waals surface area contributed by atoms with E-state index in [0.717, 1.165) is 16.3 Å². The fraction of sp³-hybridized carbons (Fsp3) is 0.167. The average Bonchev–Trinajstić information content (AvgIpc) is 2.71. The van der Waals surface area contributed by atoms with Crippen molar-refractivity contribution in [3.63, 3.8) is 0 Å². The molecule has 0 bridgehead atoms. The third kappa shape index (κ3) is 2.54. The molecule has 0 saturated heterocycles. The van der Waals surface area contributed by atoms with Crippen LogP contribution in [0.2, 0.25) is 5.02 Å². The van der Waals surface area contributed by atoms with Crippen molar-refractivity contribution in [2.75, 3.05) is 6.54 Å². The number of hydrogen-bond donors (Lipinski definition) is 1. The van der Waals surface area contributed by atoms with Crippen LogP contribution in [-0.2, 0) is 0 Å². The highest BCUT2D eigenvalue weighted by Gasteiger charge is 2.14. The first-order valence-corrected chi connectivity index (χ1v) is 6.28. The van der Waals surface area contributed by atoms with Crippen LogP contribution in [-0.4, -0.2) is 17.3 Å². The van der Waals surface area contributed by atoms with Gasteiger partial charge in [0.25, 0.3) is 0 Å². The van der Waals surface area contributed by atoms with Gasteiger partial charge >= 0.3 is 0 Å². The van der Waals surface area contributed by atoms with E-state index in [2.05, 4.69) is 4.98 Å². The first-order valence-electron chi connectivity index (χ1n) is 5.08. The molecule has 2 N–H and O–H groups in total. The van der Waals surface area contributed by atoms with Crippen LogP contribution in [0.5, 0.6) is 0 Å². The Bertz CT molecular complexity index is 548. The van der Waals surface area contributed by atoms with Crippen molar-refractivity contribution in [3.05, 3.63) is 39.9 Å². The number of hydrogen-bond acceptors (Lipinski definition) is 4. The van der Waals surface area contributed by atoms with E-state index >= 15 is 0 Å². The lowest BCUT2D eigenvalue weighted by Crippen LogP contribution is -2.13. The number of nitrogens with two attached hydrogens (primary N) is 1. The number of nitrogens with zero attached hydrogens (tertiary/aromatic N) is 1. The molecular formula is C12H11ClN2OS. The standard InChI is InChI=1S/C12H11ClN2OS/c1-7-11(10(16)6-14)17-12(15-7)8-2-4-9(13)5-3-8/h2-5H,6,14H2,1H3. The number of aromatic nitrogens is 1. The lowest BCUT2D eigenvalue weighted by molar-refractivity contribution is 0.100. The summed E-state index contributed by atoms with van der Waals surface area (Å²) in [5.74, 6) is -0.0692. The Labute approximate surface area is 108 Å². The van der Waals surface area contributed by atoms with Gasteiger partial charge in [0.15, 0.2) is 5.78 Å². The largest absolute Gasteiger partial charge is 0.324 e. The SMILES string of the molecule is Cc1nc(-c2ccc(Cl)cc2)sc1C(=O)CN. The molecule has 0 radical (unpaired) electrons.